The van der Waals surface area contributed by atoms with Crippen LogP contribution in [0.2, 0.25) is 0 Å². The highest BCUT2D eigenvalue weighted by Gasteiger charge is 2.42. The molecule has 2 heterocycles. The Hall–Kier alpha value is -1.20. The minimum absolute atomic E-state index is 0.114. The molecule has 2 aliphatic carbocycles. The predicted octanol–water partition coefficient (Wildman–Crippen LogP) is 7.75. The number of nitrogens with zero attached hydrogens (tertiary/aromatic N) is 2. The lowest BCUT2D eigenvalue weighted by Gasteiger charge is -2.47. The van der Waals surface area contributed by atoms with E-state index in [1.807, 2.05) is 18.9 Å². The van der Waals surface area contributed by atoms with E-state index in [2.05, 4.69) is 48.4 Å². The maximum Gasteiger partial charge on any atom is 0.120 e. The van der Waals surface area contributed by atoms with E-state index in [1.165, 1.54) is 80.5 Å². The molecule has 194 valence electrons. The number of ether oxygens (including phenoxy) is 1. The highest BCUT2D eigenvalue weighted by molar-refractivity contribution is 8.14. The Morgan fingerprint density at radius 2 is 1.69 bits per heavy atom. The number of benzene rings is 1. The quantitative estimate of drug-likeness (QED) is 0.418. The van der Waals surface area contributed by atoms with Gasteiger partial charge in [0.2, 0.25) is 0 Å². The predicted molar refractivity (Wildman–Crippen MR) is 150 cm³/mol. The van der Waals surface area contributed by atoms with Crippen molar-refractivity contribution in [1.29, 1.82) is 0 Å². The van der Waals surface area contributed by atoms with E-state index in [9.17, 15) is 0 Å². The summed E-state index contributed by atoms with van der Waals surface area (Å²) in [4.78, 5) is 2.57. The van der Waals surface area contributed by atoms with Crippen LogP contribution < -0.4 is 10.3 Å². The van der Waals surface area contributed by atoms with Crippen LogP contribution in [0, 0.1) is 23.7 Å². The lowest BCUT2D eigenvalue weighted by Crippen LogP contribution is -2.50. The zero-order valence-electron chi connectivity index (χ0n) is 22.3. The molecule has 1 aromatic rings. The molecule has 1 N–H and O–H groups in total. The van der Waals surface area contributed by atoms with Crippen LogP contribution in [0.5, 0.6) is 0 Å². The molecule has 35 heavy (non-hydrogen) atoms. The third kappa shape index (κ3) is 5.87. The number of piperidine rings is 1. The Balaban J connectivity index is 1.11. The van der Waals surface area contributed by atoms with Crippen molar-refractivity contribution in [3.8, 4) is 0 Å². The number of anilines is 1. The SMILES string of the molecule is COC1(C2CCCCC2)CCN(c2ccc(C3NN=C(C4CCC(CC(C)C)CC4)S3)cc2)CC1. The molecule has 0 radical (unpaired) electrons. The second-order valence-electron chi connectivity index (χ2n) is 12.1. The number of methoxy groups -OCH3 is 1. The lowest BCUT2D eigenvalue weighted by molar-refractivity contribution is -0.0856. The molecule has 5 heteroatoms. The number of thioether (sulfide) groups is 1. The van der Waals surface area contributed by atoms with Gasteiger partial charge in [-0.25, -0.2) is 0 Å². The highest BCUT2D eigenvalue weighted by atomic mass is 32.2. The molecule has 2 saturated carbocycles. The van der Waals surface area contributed by atoms with Gasteiger partial charge in [-0.1, -0.05) is 57.0 Å². The van der Waals surface area contributed by atoms with E-state index >= 15 is 0 Å². The van der Waals surface area contributed by atoms with E-state index in [4.69, 9.17) is 9.84 Å². The van der Waals surface area contributed by atoms with Crippen molar-refractivity contribution in [2.24, 2.45) is 28.8 Å². The van der Waals surface area contributed by atoms with Crippen LogP contribution in [0.4, 0.5) is 5.69 Å². The Morgan fingerprint density at radius 3 is 2.31 bits per heavy atom. The number of rotatable bonds is 7. The number of nitrogens with one attached hydrogen (secondary N) is 1. The first kappa shape index (κ1) is 25.4. The van der Waals surface area contributed by atoms with Crippen molar-refractivity contribution in [3.63, 3.8) is 0 Å². The van der Waals surface area contributed by atoms with Crippen LogP contribution in [0.25, 0.3) is 0 Å². The number of hydrogen-bond donors (Lipinski definition) is 1. The zero-order valence-corrected chi connectivity index (χ0v) is 23.1. The van der Waals surface area contributed by atoms with Crippen LogP contribution in [-0.4, -0.2) is 30.8 Å². The van der Waals surface area contributed by atoms with E-state index < -0.39 is 0 Å². The maximum atomic E-state index is 6.22. The first-order valence-corrected chi connectivity index (χ1v) is 15.3. The third-order valence-corrected chi connectivity index (χ3v) is 10.7. The van der Waals surface area contributed by atoms with E-state index in [-0.39, 0.29) is 11.0 Å². The summed E-state index contributed by atoms with van der Waals surface area (Å²) >= 11 is 1.95. The van der Waals surface area contributed by atoms with Crippen molar-refractivity contribution >= 4 is 22.5 Å². The zero-order chi connectivity index (χ0) is 24.3. The Bertz CT molecular complexity index is 832. The second kappa shape index (κ2) is 11.5. The topological polar surface area (TPSA) is 36.9 Å². The molecule has 1 unspecified atom stereocenters. The monoisotopic (exact) mass is 497 g/mol. The molecule has 0 aromatic heterocycles. The summed E-state index contributed by atoms with van der Waals surface area (Å²) in [5.74, 6) is 3.18. The second-order valence-corrected chi connectivity index (χ2v) is 13.2. The summed E-state index contributed by atoms with van der Waals surface area (Å²) in [5.41, 5.74) is 6.25. The molecular weight excluding hydrogens is 450 g/mol. The summed E-state index contributed by atoms with van der Waals surface area (Å²) in [6.07, 6.45) is 16.0. The van der Waals surface area contributed by atoms with Gasteiger partial charge in [-0.05, 0) is 93.2 Å². The molecule has 2 aliphatic heterocycles. The standard InChI is InChI=1S/C30H47N3OS/c1-22(2)21-23-9-11-24(12-10-23)28-31-32-29(35-28)25-13-15-27(16-14-25)33-19-17-30(34-3,18-20-33)26-7-5-4-6-8-26/h13-16,22-24,26,29,32H,4-12,17-21H2,1-3H3. The van der Waals surface area contributed by atoms with Gasteiger partial charge in [0.1, 0.15) is 5.37 Å². The normalized spacial score (nSPS) is 29.8. The van der Waals surface area contributed by atoms with Gasteiger partial charge in [0.15, 0.2) is 0 Å². The molecule has 4 nitrogen and oxygen atoms in total. The van der Waals surface area contributed by atoms with Crippen molar-refractivity contribution < 1.29 is 4.74 Å². The Labute approximate surface area is 218 Å². The molecule has 1 atom stereocenters. The fourth-order valence-electron chi connectivity index (χ4n) is 7.35. The van der Waals surface area contributed by atoms with Crippen molar-refractivity contribution in [2.45, 2.75) is 102 Å². The fourth-order valence-corrected chi connectivity index (χ4v) is 8.52. The van der Waals surface area contributed by atoms with Gasteiger partial charge in [0.25, 0.3) is 0 Å². The van der Waals surface area contributed by atoms with Gasteiger partial charge in [-0.15, -0.1) is 0 Å². The van der Waals surface area contributed by atoms with Crippen LogP contribution >= 0.6 is 11.8 Å². The molecule has 0 bridgehead atoms. The maximum absolute atomic E-state index is 6.22. The third-order valence-electron chi connectivity index (χ3n) is 9.46. The Kier molecular flexibility index (Phi) is 8.33. The summed E-state index contributed by atoms with van der Waals surface area (Å²) < 4.78 is 6.22. The first-order chi connectivity index (χ1) is 17.1. The largest absolute Gasteiger partial charge is 0.378 e. The van der Waals surface area contributed by atoms with Crippen molar-refractivity contribution in [2.75, 3.05) is 25.1 Å². The molecule has 5 rings (SSSR count). The van der Waals surface area contributed by atoms with Gasteiger partial charge in [-0.3, -0.25) is 5.43 Å². The molecule has 3 fully saturated rings. The average Bonchev–Trinajstić information content (AvgIpc) is 3.40. The minimum Gasteiger partial charge on any atom is -0.378 e. The van der Waals surface area contributed by atoms with Crippen LogP contribution in [0.3, 0.4) is 0 Å². The highest BCUT2D eigenvalue weighted by Crippen LogP contribution is 2.43. The van der Waals surface area contributed by atoms with Crippen LogP contribution in [0.1, 0.15) is 102 Å². The van der Waals surface area contributed by atoms with Gasteiger partial charge in [-0.2, -0.15) is 5.10 Å². The molecule has 1 saturated heterocycles. The summed E-state index contributed by atoms with van der Waals surface area (Å²) in [5, 5.41) is 6.40. The smallest absolute Gasteiger partial charge is 0.120 e. The Morgan fingerprint density at radius 1 is 1.00 bits per heavy atom. The van der Waals surface area contributed by atoms with Gasteiger partial charge in [0.05, 0.1) is 10.6 Å². The lowest BCUT2D eigenvalue weighted by atomic mass is 9.72. The summed E-state index contributed by atoms with van der Waals surface area (Å²) in [6, 6.07) is 9.29. The van der Waals surface area contributed by atoms with Crippen LogP contribution in [-0.2, 0) is 4.74 Å². The van der Waals surface area contributed by atoms with E-state index in [0.29, 0.717) is 5.92 Å². The average molecular weight is 498 g/mol. The summed E-state index contributed by atoms with van der Waals surface area (Å²) in [6.45, 7) is 6.93. The van der Waals surface area contributed by atoms with Crippen molar-refractivity contribution in [1.82, 2.24) is 5.43 Å². The molecule has 0 amide bonds. The van der Waals surface area contributed by atoms with E-state index in [0.717, 1.165) is 43.7 Å². The number of hydrazone groups is 1. The van der Waals surface area contributed by atoms with Gasteiger partial charge >= 0.3 is 0 Å². The van der Waals surface area contributed by atoms with E-state index in [1.54, 1.807) is 0 Å². The molecule has 0 spiro atoms. The molecular formula is C30H47N3OS. The van der Waals surface area contributed by atoms with Crippen molar-refractivity contribution in [3.05, 3.63) is 29.8 Å². The molecule has 1 aromatic carbocycles. The molecule has 4 aliphatic rings. The minimum atomic E-state index is 0.114. The van der Waals surface area contributed by atoms with Gasteiger partial charge < -0.3 is 9.64 Å². The van der Waals surface area contributed by atoms with Gasteiger partial charge in [0, 0.05) is 31.8 Å². The number of hydrogen-bond acceptors (Lipinski definition) is 5. The fraction of sp³-hybridized carbons (Fsp3) is 0.767. The summed E-state index contributed by atoms with van der Waals surface area (Å²) in [7, 11) is 1.96. The first-order valence-electron chi connectivity index (χ1n) is 14.5. The van der Waals surface area contributed by atoms with Crippen LogP contribution in [0.15, 0.2) is 29.4 Å².